The maximum atomic E-state index is 11.8. The minimum absolute atomic E-state index is 0.0600. The first-order valence-electron chi connectivity index (χ1n) is 7.37. The van der Waals surface area contributed by atoms with Crippen molar-refractivity contribution >= 4 is 5.97 Å². The summed E-state index contributed by atoms with van der Waals surface area (Å²) in [4.78, 5) is 11.8. The Balaban J connectivity index is 1.81. The molecular formula is C17H23NO4. The quantitative estimate of drug-likeness (QED) is 0.846. The highest BCUT2D eigenvalue weighted by atomic mass is 16.7. The van der Waals surface area contributed by atoms with Crippen molar-refractivity contribution in [3.05, 3.63) is 47.9 Å². The third-order valence-corrected chi connectivity index (χ3v) is 3.02. The number of carbonyl (C=O) groups excluding carboxylic acids is 1. The van der Waals surface area contributed by atoms with Crippen LogP contribution in [0.5, 0.6) is 0 Å². The molecule has 1 aliphatic rings. The molecule has 2 N–H and O–H groups in total. The molecule has 120 valence electrons. The van der Waals surface area contributed by atoms with Crippen LogP contribution in [-0.4, -0.2) is 23.9 Å². The average molecular weight is 305 g/mol. The number of hydrogen-bond donors (Lipinski definition) is 1. The normalized spacial score (nSPS) is 18.9. The maximum Gasteiger partial charge on any atom is 0.308 e. The predicted molar refractivity (Wildman–Crippen MR) is 82.6 cm³/mol. The largest absolute Gasteiger partial charge is 0.460 e. The monoisotopic (exact) mass is 305 g/mol. The SMILES string of the molecule is CC(C)(C)OC(=O)C[C@H](N)C1=COC(Cc2ccccc2)O1. The molecule has 1 aromatic carbocycles. The third-order valence-electron chi connectivity index (χ3n) is 3.02. The zero-order valence-electron chi connectivity index (χ0n) is 13.2. The standard InChI is InChI=1S/C17H23NO4/c1-17(2,3)22-15(19)10-13(18)14-11-20-16(21-14)9-12-7-5-4-6-8-12/h4-8,11,13,16H,9-10,18H2,1-3H3/t13-,16?/m0/s1. The molecule has 2 rings (SSSR count). The Morgan fingerprint density at radius 1 is 1.32 bits per heavy atom. The summed E-state index contributed by atoms with van der Waals surface area (Å²) < 4.78 is 16.4. The highest BCUT2D eigenvalue weighted by Gasteiger charge is 2.27. The molecule has 0 aromatic heterocycles. The van der Waals surface area contributed by atoms with Crippen molar-refractivity contribution in [3.8, 4) is 0 Å². The second kappa shape index (κ2) is 6.83. The van der Waals surface area contributed by atoms with Crippen LogP contribution in [0.2, 0.25) is 0 Å². The second-order valence-electron chi connectivity index (χ2n) is 6.29. The van der Waals surface area contributed by atoms with E-state index in [0.29, 0.717) is 12.2 Å². The lowest BCUT2D eigenvalue weighted by Crippen LogP contribution is -2.32. The van der Waals surface area contributed by atoms with Gasteiger partial charge in [0.25, 0.3) is 0 Å². The second-order valence-corrected chi connectivity index (χ2v) is 6.29. The summed E-state index contributed by atoms with van der Waals surface area (Å²) in [5.74, 6) is 0.128. The molecule has 0 bridgehead atoms. The van der Waals surface area contributed by atoms with Gasteiger partial charge < -0.3 is 19.9 Å². The maximum absolute atomic E-state index is 11.8. The van der Waals surface area contributed by atoms with Gasteiger partial charge in [0, 0.05) is 6.42 Å². The van der Waals surface area contributed by atoms with E-state index in [-0.39, 0.29) is 12.4 Å². The predicted octanol–water partition coefficient (Wildman–Crippen LogP) is 2.50. The Hall–Kier alpha value is -2.01. The van der Waals surface area contributed by atoms with Gasteiger partial charge in [-0.3, -0.25) is 4.79 Å². The molecule has 1 aliphatic heterocycles. The summed E-state index contributed by atoms with van der Waals surface area (Å²) >= 11 is 0. The van der Waals surface area contributed by atoms with Crippen molar-refractivity contribution < 1.29 is 19.0 Å². The van der Waals surface area contributed by atoms with Gasteiger partial charge in [-0.05, 0) is 26.3 Å². The number of hydrogen-bond acceptors (Lipinski definition) is 5. The van der Waals surface area contributed by atoms with Gasteiger partial charge in [0.1, 0.15) is 11.9 Å². The molecular weight excluding hydrogens is 282 g/mol. The summed E-state index contributed by atoms with van der Waals surface area (Å²) in [7, 11) is 0. The van der Waals surface area contributed by atoms with Crippen molar-refractivity contribution in [3.63, 3.8) is 0 Å². The van der Waals surface area contributed by atoms with E-state index in [1.807, 2.05) is 51.1 Å². The molecule has 22 heavy (non-hydrogen) atoms. The van der Waals surface area contributed by atoms with E-state index >= 15 is 0 Å². The van der Waals surface area contributed by atoms with E-state index in [1.54, 1.807) is 0 Å². The lowest BCUT2D eigenvalue weighted by molar-refractivity contribution is -0.155. The van der Waals surface area contributed by atoms with E-state index < -0.39 is 17.9 Å². The number of esters is 1. The fourth-order valence-corrected chi connectivity index (χ4v) is 2.08. The Kier molecular flexibility index (Phi) is 5.08. The molecule has 1 unspecified atom stereocenters. The molecule has 0 spiro atoms. The van der Waals surface area contributed by atoms with E-state index in [4.69, 9.17) is 19.9 Å². The van der Waals surface area contributed by atoms with Crippen molar-refractivity contribution in [2.75, 3.05) is 0 Å². The highest BCUT2D eigenvalue weighted by molar-refractivity contribution is 5.71. The van der Waals surface area contributed by atoms with Crippen molar-refractivity contribution in [2.24, 2.45) is 5.73 Å². The van der Waals surface area contributed by atoms with Crippen LogP contribution in [-0.2, 0) is 25.4 Å². The molecule has 0 amide bonds. The first-order valence-corrected chi connectivity index (χ1v) is 7.37. The van der Waals surface area contributed by atoms with Crippen LogP contribution in [0.4, 0.5) is 0 Å². The number of carbonyl (C=O) groups is 1. The first-order chi connectivity index (χ1) is 10.3. The Morgan fingerprint density at radius 3 is 2.64 bits per heavy atom. The van der Waals surface area contributed by atoms with Gasteiger partial charge in [-0.25, -0.2) is 0 Å². The van der Waals surface area contributed by atoms with Gasteiger partial charge in [0.15, 0.2) is 5.76 Å². The van der Waals surface area contributed by atoms with Crippen LogP contribution in [0, 0.1) is 0 Å². The first kappa shape index (κ1) is 16.4. The zero-order chi connectivity index (χ0) is 16.2. The molecule has 0 radical (unpaired) electrons. The molecule has 5 heteroatoms. The molecule has 1 aromatic rings. The number of nitrogens with two attached hydrogens (primary N) is 1. The van der Waals surface area contributed by atoms with Gasteiger partial charge in [-0.15, -0.1) is 0 Å². The van der Waals surface area contributed by atoms with E-state index in [9.17, 15) is 4.79 Å². The minimum Gasteiger partial charge on any atom is -0.460 e. The minimum atomic E-state index is -0.560. The van der Waals surface area contributed by atoms with Crippen LogP contribution in [0.1, 0.15) is 32.8 Å². The van der Waals surface area contributed by atoms with Gasteiger partial charge in [0.2, 0.25) is 6.29 Å². The Labute approximate surface area is 131 Å². The summed E-state index contributed by atoms with van der Waals surface area (Å²) in [5, 5.41) is 0. The molecule has 5 nitrogen and oxygen atoms in total. The van der Waals surface area contributed by atoms with E-state index in [1.165, 1.54) is 6.26 Å². The fraction of sp³-hybridized carbons (Fsp3) is 0.471. The molecule has 0 aliphatic carbocycles. The third kappa shape index (κ3) is 5.07. The lowest BCUT2D eigenvalue weighted by atomic mass is 10.1. The van der Waals surface area contributed by atoms with Gasteiger partial charge in [-0.1, -0.05) is 30.3 Å². The van der Waals surface area contributed by atoms with Gasteiger partial charge in [0.05, 0.1) is 12.5 Å². The lowest BCUT2D eigenvalue weighted by Gasteiger charge is -2.21. The Bertz CT molecular complexity index is 533. The number of benzene rings is 1. The van der Waals surface area contributed by atoms with Crippen LogP contribution in [0.25, 0.3) is 0 Å². The van der Waals surface area contributed by atoms with Crippen LogP contribution < -0.4 is 5.73 Å². The molecule has 1 heterocycles. The van der Waals surface area contributed by atoms with E-state index in [2.05, 4.69) is 0 Å². The molecule has 0 fully saturated rings. The Morgan fingerprint density at radius 2 is 2.00 bits per heavy atom. The van der Waals surface area contributed by atoms with Gasteiger partial charge >= 0.3 is 5.97 Å². The molecule has 2 atom stereocenters. The summed E-state index contributed by atoms with van der Waals surface area (Å²) in [6.07, 6.45) is 1.77. The fourth-order valence-electron chi connectivity index (χ4n) is 2.08. The summed E-state index contributed by atoms with van der Waals surface area (Å²) in [5.41, 5.74) is 6.57. The number of rotatable bonds is 5. The highest BCUT2D eigenvalue weighted by Crippen LogP contribution is 2.22. The molecule has 0 saturated carbocycles. The van der Waals surface area contributed by atoms with Crippen molar-refractivity contribution in [1.82, 2.24) is 0 Å². The van der Waals surface area contributed by atoms with Crippen LogP contribution in [0.3, 0.4) is 0 Å². The average Bonchev–Trinajstić information content (AvgIpc) is 2.86. The van der Waals surface area contributed by atoms with E-state index in [0.717, 1.165) is 5.56 Å². The molecule has 0 saturated heterocycles. The van der Waals surface area contributed by atoms with Crippen LogP contribution >= 0.6 is 0 Å². The van der Waals surface area contributed by atoms with Crippen molar-refractivity contribution in [2.45, 2.75) is 51.5 Å². The van der Waals surface area contributed by atoms with Crippen molar-refractivity contribution in [1.29, 1.82) is 0 Å². The smallest absolute Gasteiger partial charge is 0.308 e. The topological polar surface area (TPSA) is 70.8 Å². The van der Waals surface area contributed by atoms with Crippen LogP contribution in [0.15, 0.2) is 42.4 Å². The summed E-state index contributed by atoms with van der Waals surface area (Å²) in [6, 6.07) is 9.34. The zero-order valence-corrected chi connectivity index (χ0v) is 13.2. The summed E-state index contributed by atoms with van der Waals surface area (Å²) in [6.45, 7) is 5.46. The van der Waals surface area contributed by atoms with Gasteiger partial charge in [-0.2, -0.15) is 0 Å². The number of ether oxygens (including phenoxy) is 3.